The molecule has 2 atom stereocenters. The number of halogens is 2. The molecule has 2 unspecified atom stereocenters. The maximum atomic E-state index is 13.1. The Hall–Kier alpha value is -4.01. The minimum Gasteiger partial charge on any atom is -0.324 e. The van der Waals surface area contributed by atoms with Gasteiger partial charge in [-0.3, -0.25) is 9.59 Å². The predicted octanol–water partition coefficient (Wildman–Crippen LogP) is 4.03. The van der Waals surface area contributed by atoms with E-state index in [-0.39, 0.29) is 40.5 Å². The number of urea groups is 1. The second kappa shape index (κ2) is 8.74. The van der Waals surface area contributed by atoms with Crippen molar-refractivity contribution in [3.05, 3.63) is 93.9 Å². The fourth-order valence-corrected chi connectivity index (χ4v) is 4.74. The third-order valence-corrected chi connectivity index (χ3v) is 6.34. The summed E-state index contributed by atoms with van der Waals surface area (Å²) in [4.78, 5) is 40.1. The van der Waals surface area contributed by atoms with Gasteiger partial charge >= 0.3 is 6.03 Å². The Labute approximate surface area is 194 Å². The van der Waals surface area contributed by atoms with Crippen molar-refractivity contribution >= 4 is 23.3 Å². The number of carbonyl (C=O) groups is 2. The Morgan fingerprint density at radius 2 is 1.50 bits per heavy atom. The fraction of sp³-hybridized carbons (Fsp3) is 0.240. The van der Waals surface area contributed by atoms with Gasteiger partial charge in [0.05, 0.1) is 0 Å². The summed E-state index contributed by atoms with van der Waals surface area (Å²) in [5, 5.41) is 5.42. The summed E-state index contributed by atoms with van der Waals surface area (Å²) in [7, 11) is 0. The first-order valence-corrected chi connectivity index (χ1v) is 11.0. The average molecular weight is 464 g/mol. The van der Waals surface area contributed by atoms with Crippen LogP contribution in [0.15, 0.2) is 65.5 Å². The molecular formula is C25H22F2N4O3. The first-order chi connectivity index (χ1) is 16.4. The number of nitrogens with one attached hydrogen (secondary N) is 2. The maximum Gasteiger partial charge on any atom is 0.321 e. The summed E-state index contributed by atoms with van der Waals surface area (Å²) in [6.07, 6.45) is 0.862. The number of hydrogen-bond donors (Lipinski definition) is 2. The molecule has 174 valence electrons. The minimum atomic E-state index is -0.489. The lowest BCUT2D eigenvalue weighted by atomic mass is 9.83. The molecule has 1 saturated heterocycles. The highest BCUT2D eigenvalue weighted by Crippen LogP contribution is 2.35. The van der Waals surface area contributed by atoms with Crippen LogP contribution < -0.4 is 16.2 Å². The monoisotopic (exact) mass is 464 g/mol. The van der Waals surface area contributed by atoms with Crippen molar-refractivity contribution in [2.75, 3.05) is 23.7 Å². The Morgan fingerprint density at radius 1 is 0.824 bits per heavy atom. The molecule has 3 heterocycles. The largest absolute Gasteiger partial charge is 0.324 e. The van der Waals surface area contributed by atoms with E-state index >= 15 is 0 Å². The molecule has 2 aliphatic heterocycles. The molecule has 1 aromatic heterocycles. The molecule has 2 bridgehead atoms. The lowest BCUT2D eigenvalue weighted by Gasteiger charge is -2.42. The SMILES string of the molecule is O=C(Nc1ccc2n(c1=O)CC1CC2CN(C(=O)Nc2ccc(F)cc2)C1)c1ccc(F)cc1. The molecule has 7 nitrogen and oxygen atoms in total. The highest BCUT2D eigenvalue weighted by Gasteiger charge is 2.36. The number of aromatic nitrogens is 1. The van der Waals surface area contributed by atoms with Crippen molar-refractivity contribution in [3.8, 4) is 0 Å². The van der Waals surface area contributed by atoms with Gasteiger partial charge in [0.15, 0.2) is 0 Å². The number of piperidine rings is 1. The number of pyridine rings is 1. The second-order valence-corrected chi connectivity index (χ2v) is 8.69. The molecule has 2 N–H and O–H groups in total. The topological polar surface area (TPSA) is 83.4 Å². The van der Waals surface area contributed by atoms with Gasteiger partial charge in [0.2, 0.25) is 0 Å². The van der Waals surface area contributed by atoms with E-state index < -0.39 is 11.7 Å². The van der Waals surface area contributed by atoms with Crippen molar-refractivity contribution in [1.29, 1.82) is 0 Å². The van der Waals surface area contributed by atoms with Gasteiger partial charge in [-0.15, -0.1) is 0 Å². The van der Waals surface area contributed by atoms with Crippen LogP contribution in [-0.2, 0) is 6.54 Å². The quantitative estimate of drug-likeness (QED) is 0.614. The van der Waals surface area contributed by atoms with Crippen LogP contribution in [0.5, 0.6) is 0 Å². The first-order valence-electron chi connectivity index (χ1n) is 11.0. The molecule has 5 rings (SSSR count). The Morgan fingerprint density at radius 3 is 2.21 bits per heavy atom. The van der Waals surface area contributed by atoms with Crippen molar-refractivity contribution in [2.24, 2.45) is 5.92 Å². The van der Waals surface area contributed by atoms with Gasteiger partial charge in [-0.25, -0.2) is 13.6 Å². The summed E-state index contributed by atoms with van der Waals surface area (Å²) in [6.45, 7) is 1.37. The smallest absolute Gasteiger partial charge is 0.321 e. The third kappa shape index (κ3) is 4.28. The molecule has 0 spiro atoms. The van der Waals surface area contributed by atoms with E-state index in [0.717, 1.165) is 12.1 Å². The van der Waals surface area contributed by atoms with Crippen LogP contribution in [0.2, 0.25) is 0 Å². The van der Waals surface area contributed by atoms with Crippen molar-refractivity contribution in [3.63, 3.8) is 0 Å². The van der Waals surface area contributed by atoms with Crippen molar-refractivity contribution in [2.45, 2.75) is 18.9 Å². The lowest BCUT2D eigenvalue weighted by molar-refractivity contribution is 0.102. The first kappa shape index (κ1) is 21.8. The van der Waals surface area contributed by atoms with Gasteiger partial charge in [0.25, 0.3) is 11.5 Å². The Bertz CT molecular complexity index is 1310. The van der Waals surface area contributed by atoms with Crippen LogP contribution in [0.1, 0.15) is 28.4 Å². The molecule has 3 amide bonds. The summed E-state index contributed by atoms with van der Waals surface area (Å²) in [6, 6.07) is 13.8. The van der Waals surface area contributed by atoms with Gasteiger partial charge in [0, 0.05) is 42.5 Å². The number of carbonyl (C=O) groups excluding carboxylic acids is 2. The van der Waals surface area contributed by atoms with Crippen LogP contribution in [0.25, 0.3) is 0 Å². The van der Waals surface area contributed by atoms with E-state index in [4.69, 9.17) is 0 Å². The number of anilines is 2. The van der Waals surface area contributed by atoms with Crippen molar-refractivity contribution < 1.29 is 18.4 Å². The second-order valence-electron chi connectivity index (χ2n) is 8.69. The van der Waals surface area contributed by atoms with Gasteiger partial charge in [-0.1, -0.05) is 0 Å². The zero-order valence-corrected chi connectivity index (χ0v) is 18.1. The molecule has 0 radical (unpaired) electrons. The minimum absolute atomic E-state index is 0.0129. The molecule has 0 aliphatic carbocycles. The molecule has 2 aromatic carbocycles. The summed E-state index contributed by atoms with van der Waals surface area (Å²) >= 11 is 0. The zero-order valence-electron chi connectivity index (χ0n) is 18.1. The van der Waals surface area contributed by atoms with E-state index in [2.05, 4.69) is 10.6 Å². The van der Waals surface area contributed by atoms with Crippen LogP contribution in [-0.4, -0.2) is 34.5 Å². The Balaban J connectivity index is 1.32. The van der Waals surface area contributed by atoms with E-state index in [9.17, 15) is 23.2 Å². The summed E-state index contributed by atoms with van der Waals surface area (Å²) < 4.78 is 27.9. The van der Waals surface area contributed by atoms with Crippen LogP contribution >= 0.6 is 0 Å². The molecule has 1 fully saturated rings. The molecular weight excluding hydrogens is 442 g/mol. The summed E-state index contributed by atoms with van der Waals surface area (Å²) in [5.74, 6) is -1.23. The Kier molecular flexibility index (Phi) is 5.61. The number of likely N-dealkylation sites (tertiary alicyclic amines) is 1. The average Bonchev–Trinajstić information content (AvgIpc) is 2.83. The standard InChI is InChI=1S/C25H22F2N4O3/c26-18-3-1-16(2-4-18)23(32)29-21-9-10-22-17-11-15(13-31(22)24(21)33)12-30(14-17)25(34)28-20-7-5-19(27)6-8-20/h1-10,15,17H,11-14H2,(H,28,34)(H,29,32). The highest BCUT2D eigenvalue weighted by atomic mass is 19.1. The van der Waals surface area contributed by atoms with Crippen LogP contribution in [0, 0.1) is 17.6 Å². The van der Waals surface area contributed by atoms with Gasteiger partial charge in [0.1, 0.15) is 17.3 Å². The third-order valence-electron chi connectivity index (χ3n) is 6.34. The number of fused-ring (bicyclic) bond motifs is 4. The highest BCUT2D eigenvalue weighted by molar-refractivity contribution is 6.04. The van der Waals surface area contributed by atoms with E-state index in [1.807, 2.05) is 6.07 Å². The van der Waals surface area contributed by atoms with Crippen molar-refractivity contribution in [1.82, 2.24) is 9.47 Å². The number of hydrogen-bond acceptors (Lipinski definition) is 3. The van der Waals surface area contributed by atoms with E-state index in [1.54, 1.807) is 15.5 Å². The number of amides is 3. The van der Waals surface area contributed by atoms with E-state index in [1.165, 1.54) is 48.5 Å². The van der Waals surface area contributed by atoms with Crippen LogP contribution in [0.4, 0.5) is 25.0 Å². The predicted molar refractivity (Wildman–Crippen MR) is 123 cm³/mol. The number of benzene rings is 2. The lowest BCUT2D eigenvalue weighted by Crippen LogP contribution is -2.50. The van der Waals surface area contributed by atoms with E-state index in [0.29, 0.717) is 25.3 Å². The molecule has 9 heteroatoms. The van der Waals surface area contributed by atoms with Gasteiger partial charge in [-0.05, 0) is 73.0 Å². The number of rotatable bonds is 3. The maximum absolute atomic E-state index is 13.1. The summed E-state index contributed by atoms with van der Waals surface area (Å²) in [5.41, 5.74) is 1.44. The van der Waals surface area contributed by atoms with Gasteiger partial charge < -0.3 is 20.1 Å². The molecule has 2 aliphatic rings. The molecule has 0 saturated carbocycles. The molecule has 3 aromatic rings. The fourth-order valence-electron chi connectivity index (χ4n) is 4.74. The molecule has 34 heavy (non-hydrogen) atoms. The zero-order chi connectivity index (χ0) is 23.8. The normalized spacial score (nSPS) is 18.7. The number of nitrogens with zero attached hydrogens (tertiary/aromatic N) is 2. The van der Waals surface area contributed by atoms with Crippen LogP contribution in [0.3, 0.4) is 0 Å². The van der Waals surface area contributed by atoms with Gasteiger partial charge in [-0.2, -0.15) is 0 Å².